The second kappa shape index (κ2) is 8.27. The molecule has 25 heavy (non-hydrogen) atoms. The Labute approximate surface area is 162 Å². The van der Waals surface area contributed by atoms with E-state index in [9.17, 15) is 4.79 Å². The number of anilines is 1. The average molecular weight is 417 g/mol. The fraction of sp³-hybridized carbons (Fsp3) is 0.333. The van der Waals surface area contributed by atoms with Crippen LogP contribution in [0, 0.1) is 0 Å². The fourth-order valence-corrected chi connectivity index (χ4v) is 4.30. The van der Waals surface area contributed by atoms with E-state index in [-0.39, 0.29) is 12.3 Å². The lowest BCUT2D eigenvalue weighted by Crippen LogP contribution is -2.12. The van der Waals surface area contributed by atoms with Crippen LogP contribution in [0.1, 0.15) is 31.5 Å². The normalized spacial score (nSPS) is 11.0. The SMILES string of the molecule is CCCc1noc(CCC(=O)Nc2nc(-c3cc(Cl)sc3Cl)cs2)n1. The van der Waals surface area contributed by atoms with E-state index in [1.807, 2.05) is 12.3 Å². The van der Waals surface area contributed by atoms with Crippen LogP contribution in [-0.4, -0.2) is 21.0 Å². The maximum Gasteiger partial charge on any atom is 0.227 e. The Hall–Kier alpha value is -1.48. The van der Waals surface area contributed by atoms with Gasteiger partial charge in [-0.25, -0.2) is 4.98 Å². The maximum atomic E-state index is 12.1. The number of rotatable bonds is 7. The summed E-state index contributed by atoms with van der Waals surface area (Å²) in [6, 6.07) is 1.76. The van der Waals surface area contributed by atoms with Gasteiger partial charge >= 0.3 is 0 Å². The Kier molecular flexibility index (Phi) is 6.06. The summed E-state index contributed by atoms with van der Waals surface area (Å²) in [5, 5.41) is 8.97. The van der Waals surface area contributed by atoms with Crippen LogP contribution in [0.3, 0.4) is 0 Å². The number of carbonyl (C=O) groups is 1. The van der Waals surface area contributed by atoms with Crippen molar-refractivity contribution in [2.45, 2.75) is 32.6 Å². The van der Waals surface area contributed by atoms with Crippen LogP contribution >= 0.6 is 45.9 Å². The number of halogens is 2. The Morgan fingerprint density at radius 2 is 2.16 bits per heavy atom. The van der Waals surface area contributed by atoms with Crippen LogP contribution in [0.5, 0.6) is 0 Å². The van der Waals surface area contributed by atoms with Crippen molar-refractivity contribution in [1.82, 2.24) is 15.1 Å². The molecule has 0 saturated heterocycles. The molecular formula is C15H14Cl2N4O2S2. The zero-order valence-corrected chi connectivity index (χ0v) is 16.4. The molecule has 3 rings (SSSR count). The molecule has 3 heterocycles. The minimum Gasteiger partial charge on any atom is -0.339 e. The number of amides is 1. The molecule has 0 bridgehead atoms. The van der Waals surface area contributed by atoms with Gasteiger partial charge < -0.3 is 9.84 Å². The molecule has 10 heteroatoms. The maximum absolute atomic E-state index is 12.1. The highest BCUT2D eigenvalue weighted by Crippen LogP contribution is 2.38. The first-order valence-electron chi connectivity index (χ1n) is 7.57. The fourth-order valence-electron chi connectivity index (χ4n) is 2.09. The monoisotopic (exact) mass is 416 g/mol. The number of thiophene rings is 1. The van der Waals surface area contributed by atoms with Crippen molar-refractivity contribution in [3.63, 3.8) is 0 Å². The lowest BCUT2D eigenvalue weighted by Gasteiger charge is -1.99. The molecule has 3 aromatic rings. The van der Waals surface area contributed by atoms with Gasteiger partial charge in [0.25, 0.3) is 0 Å². The standard InChI is InChI=1S/C15H14Cl2N4O2S2/c1-2-3-11-19-13(23-21-11)5-4-12(22)20-15-18-9(7-24-15)8-6-10(16)25-14(8)17/h6-7H,2-5H2,1H3,(H,18,20,22). The van der Waals surface area contributed by atoms with Crippen LogP contribution in [0.4, 0.5) is 5.13 Å². The lowest BCUT2D eigenvalue weighted by atomic mass is 10.3. The molecule has 0 aliphatic rings. The highest BCUT2D eigenvalue weighted by molar-refractivity contribution is 7.20. The topological polar surface area (TPSA) is 80.9 Å². The largest absolute Gasteiger partial charge is 0.339 e. The summed E-state index contributed by atoms with van der Waals surface area (Å²) in [5.74, 6) is 0.984. The van der Waals surface area contributed by atoms with Crippen LogP contribution < -0.4 is 5.32 Å². The van der Waals surface area contributed by atoms with Gasteiger partial charge in [-0.1, -0.05) is 35.3 Å². The van der Waals surface area contributed by atoms with Gasteiger partial charge in [0.05, 0.1) is 10.0 Å². The van der Waals surface area contributed by atoms with Crippen molar-refractivity contribution < 1.29 is 9.32 Å². The van der Waals surface area contributed by atoms with E-state index < -0.39 is 0 Å². The number of hydrogen-bond acceptors (Lipinski definition) is 7. The number of thiazole rings is 1. The molecule has 0 saturated carbocycles. The minimum atomic E-state index is -0.161. The summed E-state index contributed by atoms with van der Waals surface area (Å²) < 4.78 is 6.29. The number of aryl methyl sites for hydroxylation is 2. The van der Waals surface area contributed by atoms with Crippen LogP contribution in [0.15, 0.2) is 16.0 Å². The van der Waals surface area contributed by atoms with E-state index in [4.69, 9.17) is 27.7 Å². The first kappa shape index (κ1) is 18.3. The molecule has 1 N–H and O–H groups in total. The molecule has 3 aromatic heterocycles. The van der Waals surface area contributed by atoms with Crippen molar-refractivity contribution in [2.24, 2.45) is 0 Å². The Bertz CT molecular complexity index is 875. The molecule has 6 nitrogen and oxygen atoms in total. The molecule has 0 radical (unpaired) electrons. The van der Waals surface area contributed by atoms with Gasteiger partial charge in [0.15, 0.2) is 11.0 Å². The summed E-state index contributed by atoms with van der Waals surface area (Å²) >= 11 is 14.7. The van der Waals surface area contributed by atoms with Gasteiger partial charge in [-0.15, -0.1) is 22.7 Å². The molecule has 0 atom stereocenters. The van der Waals surface area contributed by atoms with Crippen LogP contribution in [0.2, 0.25) is 8.67 Å². The number of nitrogens with one attached hydrogen (secondary N) is 1. The zero-order chi connectivity index (χ0) is 17.8. The van der Waals surface area contributed by atoms with Gasteiger partial charge in [-0.05, 0) is 12.5 Å². The van der Waals surface area contributed by atoms with Crippen molar-refractivity contribution >= 4 is 56.9 Å². The van der Waals surface area contributed by atoms with E-state index in [0.717, 1.165) is 18.4 Å². The van der Waals surface area contributed by atoms with Gasteiger partial charge in [0, 0.05) is 30.2 Å². The first-order valence-corrected chi connectivity index (χ1v) is 10.0. The predicted octanol–water partition coefficient (Wildman–Crippen LogP) is 5.09. The first-order chi connectivity index (χ1) is 12.0. The highest BCUT2D eigenvalue weighted by Gasteiger charge is 2.14. The molecule has 0 fully saturated rings. The number of aromatic nitrogens is 3. The summed E-state index contributed by atoms with van der Waals surface area (Å²) in [6.45, 7) is 2.04. The number of hydrogen-bond donors (Lipinski definition) is 1. The number of carbonyl (C=O) groups excluding carboxylic acids is 1. The van der Waals surface area contributed by atoms with Crippen molar-refractivity contribution in [1.29, 1.82) is 0 Å². The van der Waals surface area contributed by atoms with Crippen molar-refractivity contribution in [3.05, 3.63) is 31.8 Å². The van der Waals surface area contributed by atoms with Crippen LogP contribution in [0.25, 0.3) is 11.3 Å². The van der Waals surface area contributed by atoms with Crippen molar-refractivity contribution in [2.75, 3.05) is 5.32 Å². The van der Waals surface area contributed by atoms with Gasteiger partial charge in [-0.2, -0.15) is 4.98 Å². The molecule has 1 amide bonds. The van der Waals surface area contributed by atoms with E-state index >= 15 is 0 Å². The van der Waals surface area contributed by atoms with Crippen molar-refractivity contribution in [3.8, 4) is 11.3 Å². The molecule has 0 unspecified atom stereocenters. The Morgan fingerprint density at radius 3 is 2.88 bits per heavy atom. The number of nitrogens with zero attached hydrogens (tertiary/aromatic N) is 3. The molecule has 0 aliphatic carbocycles. The van der Waals surface area contributed by atoms with Gasteiger partial charge in [0.1, 0.15) is 4.34 Å². The second-order valence-corrected chi connectivity index (χ2v) is 8.32. The van der Waals surface area contributed by atoms with Crippen LogP contribution in [-0.2, 0) is 17.6 Å². The third-order valence-electron chi connectivity index (χ3n) is 3.23. The summed E-state index contributed by atoms with van der Waals surface area (Å²) in [4.78, 5) is 20.7. The molecule has 0 aliphatic heterocycles. The second-order valence-electron chi connectivity index (χ2n) is 5.18. The van der Waals surface area contributed by atoms with Gasteiger partial charge in [-0.3, -0.25) is 4.79 Å². The quantitative estimate of drug-likeness (QED) is 0.580. The third-order valence-corrected chi connectivity index (χ3v) is 5.48. The smallest absolute Gasteiger partial charge is 0.227 e. The Balaban J connectivity index is 1.55. The van der Waals surface area contributed by atoms with E-state index in [1.165, 1.54) is 22.7 Å². The Morgan fingerprint density at radius 1 is 1.32 bits per heavy atom. The highest BCUT2D eigenvalue weighted by atomic mass is 35.5. The summed E-state index contributed by atoms with van der Waals surface area (Å²) in [5.41, 5.74) is 1.46. The predicted molar refractivity (Wildman–Crippen MR) is 101 cm³/mol. The summed E-state index contributed by atoms with van der Waals surface area (Å²) in [6.07, 6.45) is 2.36. The van der Waals surface area contributed by atoms with Gasteiger partial charge in [0.2, 0.25) is 11.8 Å². The molecular weight excluding hydrogens is 403 g/mol. The van der Waals surface area contributed by atoms with E-state index in [1.54, 1.807) is 6.07 Å². The zero-order valence-electron chi connectivity index (χ0n) is 13.2. The third kappa shape index (κ3) is 4.78. The van der Waals surface area contributed by atoms with E-state index in [2.05, 4.69) is 20.4 Å². The molecule has 0 aromatic carbocycles. The molecule has 132 valence electrons. The summed E-state index contributed by atoms with van der Waals surface area (Å²) in [7, 11) is 0. The van der Waals surface area contributed by atoms with E-state index in [0.29, 0.717) is 37.6 Å². The minimum absolute atomic E-state index is 0.161. The average Bonchev–Trinajstić information content (AvgIpc) is 3.27. The molecule has 0 spiro atoms. The lowest BCUT2D eigenvalue weighted by molar-refractivity contribution is -0.116.